The molecule has 1 unspecified atom stereocenters. The van der Waals surface area contributed by atoms with Crippen molar-refractivity contribution in [2.24, 2.45) is 0 Å². The zero-order valence-electron chi connectivity index (χ0n) is 14.1. The molecule has 2 saturated heterocycles. The van der Waals surface area contributed by atoms with Gasteiger partial charge in [0.25, 0.3) is 5.91 Å². The molecule has 2 fully saturated rings. The van der Waals surface area contributed by atoms with Crippen LogP contribution in [0.15, 0.2) is 18.0 Å². The summed E-state index contributed by atoms with van der Waals surface area (Å²) in [4.78, 5) is 31.6. The molecular formula is C16H23N5O2S. The average molecular weight is 349 g/mol. The summed E-state index contributed by atoms with van der Waals surface area (Å²) < 4.78 is 3.76. The molecule has 2 amide bonds. The number of hydrogen-bond acceptors (Lipinski definition) is 6. The topological polar surface area (TPSA) is 69.6 Å². The zero-order valence-corrected chi connectivity index (χ0v) is 15.0. The van der Waals surface area contributed by atoms with Crippen molar-refractivity contribution in [2.75, 3.05) is 32.7 Å². The van der Waals surface area contributed by atoms with Crippen LogP contribution in [0.2, 0.25) is 0 Å². The first-order valence-electron chi connectivity index (χ1n) is 8.23. The summed E-state index contributed by atoms with van der Waals surface area (Å²) >= 11 is 1.16. The third-order valence-corrected chi connectivity index (χ3v) is 5.47. The number of carbonyl (C=O) groups is 2. The Morgan fingerprint density at radius 3 is 2.88 bits per heavy atom. The highest BCUT2D eigenvalue weighted by atomic mass is 32.1. The predicted octanol–water partition coefficient (Wildman–Crippen LogP) is 0.861. The maximum Gasteiger partial charge on any atom is 0.275 e. The lowest BCUT2D eigenvalue weighted by molar-refractivity contribution is -0.152. The minimum atomic E-state index is -0.643. The molecule has 0 saturated carbocycles. The van der Waals surface area contributed by atoms with Gasteiger partial charge in [0.1, 0.15) is 5.54 Å². The second kappa shape index (κ2) is 6.60. The molecule has 3 rings (SSSR count). The van der Waals surface area contributed by atoms with E-state index in [1.807, 2.05) is 24.8 Å². The van der Waals surface area contributed by atoms with E-state index in [0.29, 0.717) is 31.7 Å². The van der Waals surface area contributed by atoms with Gasteiger partial charge in [0.2, 0.25) is 5.91 Å². The van der Waals surface area contributed by atoms with Crippen molar-refractivity contribution in [1.82, 2.24) is 24.3 Å². The van der Waals surface area contributed by atoms with Gasteiger partial charge < -0.3 is 9.80 Å². The predicted molar refractivity (Wildman–Crippen MR) is 91.8 cm³/mol. The molecule has 7 nitrogen and oxygen atoms in total. The zero-order chi connectivity index (χ0) is 17.3. The van der Waals surface area contributed by atoms with Gasteiger partial charge in [-0.25, -0.2) is 0 Å². The molecular weight excluding hydrogens is 326 g/mol. The van der Waals surface area contributed by atoms with Gasteiger partial charge in [0.15, 0.2) is 5.69 Å². The molecule has 1 atom stereocenters. The summed E-state index contributed by atoms with van der Waals surface area (Å²) in [5, 5.41) is 5.51. The van der Waals surface area contributed by atoms with Crippen molar-refractivity contribution in [3.8, 4) is 0 Å². The van der Waals surface area contributed by atoms with Gasteiger partial charge in [-0.05, 0) is 31.8 Å². The Morgan fingerprint density at radius 1 is 1.46 bits per heavy atom. The van der Waals surface area contributed by atoms with Crippen molar-refractivity contribution in [3.63, 3.8) is 0 Å². The highest BCUT2D eigenvalue weighted by Gasteiger charge is 2.54. The van der Waals surface area contributed by atoms with Crippen molar-refractivity contribution < 1.29 is 9.59 Å². The Kier molecular flexibility index (Phi) is 4.69. The van der Waals surface area contributed by atoms with E-state index in [-0.39, 0.29) is 17.9 Å². The molecule has 24 heavy (non-hydrogen) atoms. The normalized spacial score (nSPS) is 25.0. The number of aromatic nitrogens is 2. The fourth-order valence-electron chi connectivity index (χ4n) is 3.68. The smallest absolute Gasteiger partial charge is 0.275 e. The molecule has 0 aliphatic carbocycles. The van der Waals surface area contributed by atoms with Crippen LogP contribution in [0, 0.1) is 0 Å². The van der Waals surface area contributed by atoms with Gasteiger partial charge in [-0.1, -0.05) is 10.6 Å². The SMILES string of the molecule is C=CCN1CCN(C(C)C)C(=O)C12CCN(C(=O)c1csnn1)C2. The van der Waals surface area contributed by atoms with Gasteiger partial charge in [-0.15, -0.1) is 11.7 Å². The van der Waals surface area contributed by atoms with Crippen LogP contribution in [0.5, 0.6) is 0 Å². The molecule has 0 bridgehead atoms. The minimum Gasteiger partial charge on any atom is -0.337 e. The summed E-state index contributed by atoms with van der Waals surface area (Å²) in [6, 6.07) is 0.160. The molecule has 1 aromatic heterocycles. The lowest BCUT2D eigenvalue weighted by Gasteiger charge is -2.48. The minimum absolute atomic E-state index is 0.123. The highest BCUT2D eigenvalue weighted by molar-refractivity contribution is 7.03. The third kappa shape index (κ3) is 2.73. The Hall–Kier alpha value is -1.80. The number of hydrogen-bond donors (Lipinski definition) is 0. The summed E-state index contributed by atoms with van der Waals surface area (Å²) in [6.45, 7) is 11.0. The van der Waals surface area contributed by atoms with Crippen LogP contribution < -0.4 is 0 Å². The number of carbonyl (C=O) groups excluding carboxylic acids is 2. The van der Waals surface area contributed by atoms with E-state index in [4.69, 9.17) is 0 Å². The molecule has 0 radical (unpaired) electrons. The van der Waals surface area contributed by atoms with E-state index in [0.717, 1.165) is 24.6 Å². The second-order valence-electron chi connectivity index (χ2n) is 6.63. The lowest BCUT2D eigenvalue weighted by atomic mass is 9.90. The van der Waals surface area contributed by atoms with E-state index in [9.17, 15) is 9.59 Å². The molecule has 3 heterocycles. The van der Waals surface area contributed by atoms with Crippen LogP contribution in [0.3, 0.4) is 0 Å². The van der Waals surface area contributed by atoms with E-state index < -0.39 is 5.54 Å². The quantitative estimate of drug-likeness (QED) is 0.754. The molecule has 8 heteroatoms. The summed E-state index contributed by atoms with van der Waals surface area (Å²) in [7, 11) is 0. The largest absolute Gasteiger partial charge is 0.337 e. The van der Waals surface area contributed by atoms with Crippen LogP contribution in [0.1, 0.15) is 30.8 Å². The lowest BCUT2D eigenvalue weighted by Crippen LogP contribution is -2.68. The van der Waals surface area contributed by atoms with Gasteiger partial charge in [0, 0.05) is 44.1 Å². The molecule has 1 spiro atoms. The number of rotatable bonds is 4. The van der Waals surface area contributed by atoms with Crippen LogP contribution in [-0.2, 0) is 4.79 Å². The Bertz CT molecular complexity index is 632. The van der Waals surface area contributed by atoms with Crippen LogP contribution >= 0.6 is 11.5 Å². The monoisotopic (exact) mass is 349 g/mol. The second-order valence-corrected chi connectivity index (χ2v) is 7.24. The standard InChI is InChI=1S/C16H23N5O2S/c1-4-6-20-8-9-21(12(2)3)15(23)16(20)5-7-19(11-16)14(22)13-10-24-18-17-13/h4,10,12H,1,5-9,11H2,2-3H3. The molecule has 130 valence electrons. The number of piperazine rings is 1. The summed E-state index contributed by atoms with van der Waals surface area (Å²) in [5.74, 6) is -0.0223. The number of likely N-dealkylation sites (tertiary alicyclic amines) is 1. The van der Waals surface area contributed by atoms with Gasteiger partial charge in [0.05, 0.1) is 0 Å². The molecule has 2 aliphatic rings. The Labute approximate surface area is 146 Å². The molecule has 1 aromatic rings. The molecule has 0 aromatic carbocycles. The van der Waals surface area contributed by atoms with Gasteiger partial charge in [-0.2, -0.15) is 0 Å². The van der Waals surface area contributed by atoms with Gasteiger partial charge in [-0.3, -0.25) is 14.5 Å². The Morgan fingerprint density at radius 2 is 2.25 bits per heavy atom. The van der Waals surface area contributed by atoms with E-state index in [1.54, 1.807) is 10.3 Å². The first-order valence-corrected chi connectivity index (χ1v) is 9.06. The van der Waals surface area contributed by atoms with E-state index in [1.165, 1.54) is 0 Å². The Balaban J connectivity index is 1.86. The first kappa shape index (κ1) is 17.0. The number of nitrogens with zero attached hydrogens (tertiary/aromatic N) is 5. The maximum absolute atomic E-state index is 13.2. The maximum atomic E-state index is 13.2. The van der Waals surface area contributed by atoms with E-state index in [2.05, 4.69) is 21.1 Å². The van der Waals surface area contributed by atoms with E-state index >= 15 is 0 Å². The highest BCUT2D eigenvalue weighted by Crippen LogP contribution is 2.34. The van der Waals surface area contributed by atoms with Gasteiger partial charge >= 0.3 is 0 Å². The van der Waals surface area contributed by atoms with Crippen LogP contribution in [0.25, 0.3) is 0 Å². The summed E-state index contributed by atoms with van der Waals surface area (Å²) in [6.07, 6.45) is 2.47. The van der Waals surface area contributed by atoms with Crippen LogP contribution in [0.4, 0.5) is 0 Å². The summed E-state index contributed by atoms with van der Waals surface area (Å²) in [5.41, 5.74) is -0.285. The third-order valence-electron chi connectivity index (χ3n) is 4.96. The fraction of sp³-hybridized carbons (Fsp3) is 0.625. The van der Waals surface area contributed by atoms with Crippen molar-refractivity contribution in [3.05, 3.63) is 23.7 Å². The van der Waals surface area contributed by atoms with Crippen LogP contribution in [-0.4, -0.2) is 80.4 Å². The first-order chi connectivity index (χ1) is 11.5. The van der Waals surface area contributed by atoms with Crippen molar-refractivity contribution in [1.29, 1.82) is 0 Å². The van der Waals surface area contributed by atoms with Crippen molar-refractivity contribution in [2.45, 2.75) is 31.8 Å². The molecule has 0 N–H and O–H groups in total. The number of amides is 2. The molecule has 2 aliphatic heterocycles. The van der Waals surface area contributed by atoms with Crippen molar-refractivity contribution >= 4 is 23.3 Å². The fourth-order valence-corrected chi connectivity index (χ4v) is 4.11. The average Bonchev–Trinajstić information content (AvgIpc) is 3.22.